The van der Waals surface area contributed by atoms with Crippen molar-refractivity contribution in [3.8, 4) is 0 Å². The van der Waals surface area contributed by atoms with Gasteiger partial charge in [-0.3, -0.25) is 0 Å². The van der Waals surface area contributed by atoms with Gasteiger partial charge in [0.05, 0.1) is 59.5 Å². The minimum absolute atomic E-state index is 0.139. The topological polar surface area (TPSA) is 58.2 Å². The molecule has 6 nitrogen and oxygen atoms in total. The summed E-state index contributed by atoms with van der Waals surface area (Å²) in [7, 11) is 0. The van der Waals surface area contributed by atoms with E-state index in [1.807, 2.05) is 0 Å². The van der Waals surface area contributed by atoms with Crippen molar-refractivity contribution in [3.63, 3.8) is 0 Å². The van der Waals surface area contributed by atoms with Gasteiger partial charge in [0, 0.05) is 18.7 Å². The van der Waals surface area contributed by atoms with E-state index in [1.165, 1.54) is 0 Å². The molecule has 0 radical (unpaired) electrons. The second kappa shape index (κ2) is 15.8. The molecule has 0 aromatic carbocycles. The molecule has 0 aromatic heterocycles. The van der Waals surface area contributed by atoms with Crippen molar-refractivity contribution in [2.24, 2.45) is 5.41 Å². The molecular formula is C20H43NO5. The Labute approximate surface area is 161 Å². The molecule has 0 spiro atoms. The van der Waals surface area contributed by atoms with Crippen LogP contribution in [0.2, 0.25) is 0 Å². The molecule has 158 valence electrons. The molecule has 26 heavy (non-hydrogen) atoms. The van der Waals surface area contributed by atoms with Crippen LogP contribution >= 0.6 is 0 Å². The minimum atomic E-state index is 0.139. The van der Waals surface area contributed by atoms with Gasteiger partial charge in [0.25, 0.3) is 0 Å². The monoisotopic (exact) mass is 377 g/mol. The fourth-order valence-corrected chi connectivity index (χ4v) is 1.86. The average Bonchev–Trinajstić information content (AvgIpc) is 2.51. The molecule has 0 saturated heterocycles. The van der Waals surface area contributed by atoms with Crippen LogP contribution in [0.5, 0.6) is 0 Å². The molecule has 0 bridgehead atoms. The highest BCUT2D eigenvalue weighted by molar-refractivity contribution is 4.69. The van der Waals surface area contributed by atoms with Crippen molar-refractivity contribution in [2.45, 2.75) is 53.5 Å². The molecular weight excluding hydrogens is 334 g/mol. The first-order chi connectivity index (χ1) is 12.2. The van der Waals surface area contributed by atoms with Gasteiger partial charge >= 0.3 is 0 Å². The molecule has 0 aliphatic rings. The van der Waals surface area contributed by atoms with Gasteiger partial charge < -0.3 is 29.0 Å². The summed E-state index contributed by atoms with van der Waals surface area (Å²) >= 11 is 0. The molecule has 0 aliphatic heterocycles. The van der Waals surface area contributed by atoms with E-state index in [1.54, 1.807) is 0 Å². The summed E-state index contributed by atoms with van der Waals surface area (Å²) in [4.78, 5) is 0. The third-order valence-corrected chi connectivity index (χ3v) is 3.39. The van der Waals surface area contributed by atoms with Crippen molar-refractivity contribution < 1.29 is 23.7 Å². The summed E-state index contributed by atoms with van der Waals surface area (Å²) in [6.07, 6.45) is 1.06. The van der Waals surface area contributed by atoms with Crippen LogP contribution in [0.15, 0.2) is 0 Å². The molecule has 0 saturated carbocycles. The molecule has 0 aliphatic carbocycles. The van der Waals surface area contributed by atoms with Gasteiger partial charge in [-0.1, -0.05) is 20.8 Å². The number of rotatable bonds is 17. The summed E-state index contributed by atoms with van der Waals surface area (Å²) in [6.45, 7) is 20.2. The zero-order valence-corrected chi connectivity index (χ0v) is 18.0. The maximum absolute atomic E-state index is 5.53. The first-order valence-corrected chi connectivity index (χ1v) is 9.84. The SMILES string of the molecule is CC(C)(C)CCOCCOCCOCCOCCOCCNC(C)(C)C. The Morgan fingerprint density at radius 2 is 0.846 bits per heavy atom. The normalized spacial score (nSPS) is 12.7. The maximum atomic E-state index is 5.53. The van der Waals surface area contributed by atoms with E-state index in [-0.39, 0.29) is 5.54 Å². The van der Waals surface area contributed by atoms with Crippen LogP contribution in [0, 0.1) is 5.41 Å². The second-order valence-electron chi connectivity index (χ2n) is 8.55. The first-order valence-electron chi connectivity index (χ1n) is 9.84. The van der Waals surface area contributed by atoms with Crippen LogP contribution in [0.1, 0.15) is 48.0 Å². The molecule has 0 unspecified atom stereocenters. The Morgan fingerprint density at radius 1 is 0.500 bits per heavy atom. The highest BCUT2D eigenvalue weighted by atomic mass is 16.6. The second-order valence-corrected chi connectivity index (χ2v) is 8.55. The molecule has 0 rings (SSSR count). The summed E-state index contributed by atoms with van der Waals surface area (Å²) in [5, 5.41) is 3.37. The summed E-state index contributed by atoms with van der Waals surface area (Å²) < 4.78 is 27.4. The summed E-state index contributed by atoms with van der Waals surface area (Å²) in [5.74, 6) is 0. The molecule has 0 atom stereocenters. The van der Waals surface area contributed by atoms with Crippen LogP contribution < -0.4 is 5.32 Å². The van der Waals surface area contributed by atoms with Crippen molar-refractivity contribution in [1.82, 2.24) is 5.32 Å². The zero-order chi connectivity index (χ0) is 19.7. The Balaban J connectivity index is 3.07. The van der Waals surface area contributed by atoms with E-state index >= 15 is 0 Å². The number of hydrogen-bond donors (Lipinski definition) is 1. The van der Waals surface area contributed by atoms with Crippen LogP contribution in [0.3, 0.4) is 0 Å². The van der Waals surface area contributed by atoms with E-state index in [4.69, 9.17) is 23.7 Å². The third kappa shape index (κ3) is 23.8. The smallest absolute Gasteiger partial charge is 0.0701 e. The lowest BCUT2D eigenvalue weighted by molar-refractivity contribution is -0.0123. The molecule has 0 heterocycles. The predicted octanol–water partition coefficient (Wildman–Crippen LogP) is 2.89. The highest BCUT2D eigenvalue weighted by Gasteiger charge is 2.09. The fourth-order valence-electron chi connectivity index (χ4n) is 1.86. The largest absolute Gasteiger partial charge is 0.379 e. The highest BCUT2D eigenvalue weighted by Crippen LogP contribution is 2.17. The first kappa shape index (κ1) is 25.8. The predicted molar refractivity (Wildman–Crippen MR) is 106 cm³/mol. The van der Waals surface area contributed by atoms with Crippen molar-refractivity contribution in [3.05, 3.63) is 0 Å². The van der Waals surface area contributed by atoms with E-state index < -0.39 is 0 Å². The molecule has 0 fully saturated rings. The molecule has 1 N–H and O–H groups in total. The number of nitrogens with one attached hydrogen (secondary N) is 1. The Kier molecular flexibility index (Phi) is 15.6. The van der Waals surface area contributed by atoms with Gasteiger partial charge in [-0.25, -0.2) is 0 Å². The van der Waals surface area contributed by atoms with E-state index in [2.05, 4.69) is 46.9 Å². The standard InChI is InChI=1S/C20H43NO5/c1-19(2,3)7-9-22-11-13-24-15-17-26-18-16-25-14-12-23-10-8-21-20(4,5)6/h21H,7-18H2,1-6H3. The lowest BCUT2D eigenvalue weighted by atomic mass is 9.93. The zero-order valence-electron chi connectivity index (χ0n) is 18.0. The van der Waals surface area contributed by atoms with Crippen molar-refractivity contribution in [1.29, 1.82) is 0 Å². The van der Waals surface area contributed by atoms with Gasteiger partial charge in [-0.05, 0) is 32.6 Å². The van der Waals surface area contributed by atoms with Crippen LogP contribution in [-0.4, -0.2) is 78.2 Å². The Hall–Kier alpha value is -0.240. The molecule has 0 aromatic rings. The Bertz CT molecular complexity index is 270. The number of ether oxygens (including phenoxy) is 5. The van der Waals surface area contributed by atoms with E-state index in [0.717, 1.165) is 19.6 Å². The van der Waals surface area contributed by atoms with Crippen molar-refractivity contribution >= 4 is 0 Å². The Morgan fingerprint density at radius 3 is 1.19 bits per heavy atom. The summed E-state index contributed by atoms with van der Waals surface area (Å²) in [5.41, 5.74) is 0.465. The molecule has 0 amide bonds. The van der Waals surface area contributed by atoms with E-state index in [9.17, 15) is 0 Å². The lowest BCUT2D eigenvalue weighted by Crippen LogP contribution is -2.38. The van der Waals surface area contributed by atoms with Gasteiger partial charge in [-0.2, -0.15) is 0 Å². The molecule has 6 heteroatoms. The van der Waals surface area contributed by atoms with Gasteiger partial charge in [0.1, 0.15) is 0 Å². The van der Waals surface area contributed by atoms with Crippen molar-refractivity contribution in [2.75, 3.05) is 72.6 Å². The van der Waals surface area contributed by atoms with Crippen LogP contribution in [0.25, 0.3) is 0 Å². The van der Waals surface area contributed by atoms with Gasteiger partial charge in [0.15, 0.2) is 0 Å². The third-order valence-electron chi connectivity index (χ3n) is 3.39. The fraction of sp³-hybridized carbons (Fsp3) is 1.00. The van der Waals surface area contributed by atoms with E-state index in [0.29, 0.717) is 64.9 Å². The lowest BCUT2D eigenvalue weighted by Gasteiger charge is -2.20. The van der Waals surface area contributed by atoms with Gasteiger partial charge in [-0.15, -0.1) is 0 Å². The summed E-state index contributed by atoms with van der Waals surface area (Å²) in [6, 6.07) is 0. The number of hydrogen-bond acceptors (Lipinski definition) is 6. The minimum Gasteiger partial charge on any atom is -0.379 e. The van der Waals surface area contributed by atoms with Crippen LogP contribution in [-0.2, 0) is 23.7 Å². The maximum Gasteiger partial charge on any atom is 0.0701 e. The van der Waals surface area contributed by atoms with Crippen LogP contribution in [0.4, 0.5) is 0 Å². The quantitative estimate of drug-likeness (QED) is 0.393. The van der Waals surface area contributed by atoms with Gasteiger partial charge in [0.2, 0.25) is 0 Å². The average molecular weight is 378 g/mol.